The highest BCUT2D eigenvalue weighted by atomic mass is 19.4. The molecule has 9 heteroatoms. The fourth-order valence-electron chi connectivity index (χ4n) is 2.28. The van der Waals surface area contributed by atoms with Gasteiger partial charge in [-0.25, -0.2) is 9.97 Å². The van der Waals surface area contributed by atoms with Crippen molar-refractivity contribution in [2.24, 2.45) is 0 Å². The van der Waals surface area contributed by atoms with Gasteiger partial charge >= 0.3 is 6.36 Å². The van der Waals surface area contributed by atoms with Crippen molar-refractivity contribution in [3.8, 4) is 17.0 Å². The quantitative estimate of drug-likeness (QED) is 0.723. The molecule has 27 heavy (non-hydrogen) atoms. The number of rotatable bonds is 4. The van der Waals surface area contributed by atoms with Gasteiger partial charge in [-0.1, -0.05) is 42.5 Å². The van der Waals surface area contributed by atoms with E-state index in [9.17, 15) is 18.0 Å². The van der Waals surface area contributed by atoms with Gasteiger partial charge in [-0.05, 0) is 12.1 Å². The molecule has 3 N–H and O–H groups in total. The Balaban J connectivity index is 1.89. The van der Waals surface area contributed by atoms with E-state index in [0.29, 0.717) is 11.3 Å². The summed E-state index contributed by atoms with van der Waals surface area (Å²) in [6.07, 6.45) is -3.49. The van der Waals surface area contributed by atoms with Crippen molar-refractivity contribution >= 4 is 17.4 Å². The van der Waals surface area contributed by atoms with Crippen LogP contribution in [0.5, 0.6) is 5.75 Å². The van der Waals surface area contributed by atoms with Crippen LogP contribution in [0.4, 0.5) is 24.7 Å². The summed E-state index contributed by atoms with van der Waals surface area (Å²) < 4.78 is 41.4. The Morgan fingerprint density at radius 2 is 1.70 bits per heavy atom. The van der Waals surface area contributed by atoms with Gasteiger partial charge in [0.05, 0.1) is 17.6 Å². The molecule has 1 amide bonds. The van der Waals surface area contributed by atoms with E-state index in [0.717, 1.165) is 6.07 Å². The molecule has 0 aliphatic heterocycles. The molecule has 1 aromatic heterocycles. The minimum atomic E-state index is -4.90. The number of benzene rings is 2. The van der Waals surface area contributed by atoms with Gasteiger partial charge in [-0.3, -0.25) is 4.79 Å². The first-order valence-corrected chi connectivity index (χ1v) is 7.67. The van der Waals surface area contributed by atoms with Crippen LogP contribution < -0.4 is 15.8 Å². The molecule has 3 aromatic rings. The van der Waals surface area contributed by atoms with Crippen LogP contribution in [0.3, 0.4) is 0 Å². The maximum atomic E-state index is 12.5. The summed E-state index contributed by atoms with van der Waals surface area (Å²) in [7, 11) is 0. The first-order chi connectivity index (χ1) is 12.8. The third-order valence-corrected chi connectivity index (χ3v) is 3.45. The molecule has 0 saturated heterocycles. The molecule has 3 rings (SSSR count). The number of nitrogens with zero attached hydrogens (tertiary/aromatic N) is 2. The lowest BCUT2D eigenvalue weighted by Gasteiger charge is -2.14. The molecule has 0 spiro atoms. The second-order valence-electron chi connectivity index (χ2n) is 5.35. The second-order valence-corrected chi connectivity index (χ2v) is 5.35. The first-order valence-electron chi connectivity index (χ1n) is 7.67. The predicted octanol–water partition coefficient (Wildman–Crippen LogP) is 3.88. The van der Waals surface area contributed by atoms with Crippen LogP contribution in [0.1, 0.15) is 10.5 Å². The number of alkyl halides is 3. The molecule has 0 bridgehead atoms. The fraction of sp³-hybridized carbons (Fsp3) is 0.0556. The Hall–Kier alpha value is -3.62. The van der Waals surface area contributed by atoms with Crippen LogP contribution in [0.25, 0.3) is 11.3 Å². The zero-order chi connectivity index (χ0) is 19.4. The van der Waals surface area contributed by atoms with E-state index in [2.05, 4.69) is 20.0 Å². The Morgan fingerprint density at radius 1 is 1.04 bits per heavy atom. The average Bonchev–Trinajstić information content (AvgIpc) is 2.63. The Kier molecular flexibility index (Phi) is 4.93. The molecule has 0 aliphatic rings. The van der Waals surface area contributed by atoms with E-state index in [-0.39, 0.29) is 17.2 Å². The molecule has 0 aliphatic carbocycles. The highest BCUT2D eigenvalue weighted by Gasteiger charge is 2.32. The summed E-state index contributed by atoms with van der Waals surface area (Å²) in [5.74, 6) is -1.51. The number of amides is 1. The highest BCUT2D eigenvalue weighted by molar-refractivity contribution is 6.06. The van der Waals surface area contributed by atoms with Crippen LogP contribution in [0, 0.1) is 0 Å². The lowest BCUT2D eigenvalue weighted by atomic mass is 10.1. The van der Waals surface area contributed by atoms with Gasteiger partial charge in [0.2, 0.25) is 0 Å². The number of hydrogen-bond donors (Lipinski definition) is 2. The van der Waals surface area contributed by atoms with Crippen LogP contribution >= 0.6 is 0 Å². The highest BCUT2D eigenvalue weighted by Crippen LogP contribution is 2.30. The average molecular weight is 374 g/mol. The van der Waals surface area contributed by atoms with E-state index in [1.165, 1.54) is 24.4 Å². The van der Waals surface area contributed by atoms with Crippen molar-refractivity contribution in [3.05, 3.63) is 66.5 Å². The van der Waals surface area contributed by atoms with E-state index in [4.69, 9.17) is 5.73 Å². The lowest BCUT2D eigenvalue weighted by molar-refractivity contribution is -0.274. The lowest BCUT2D eigenvalue weighted by Crippen LogP contribution is -2.21. The number of hydrogen-bond acceptors (Lipinski definition) is 5. The van der Waals surface area contributed by atoms with Crippen molar-refractivity contribution in [3.63, 3.8) is 0 Å². The van der Waals surface area contributed by atoms with Gasteiger partial charge in [0.15, 0.2) is 17.3 Å². The number of anilines is 2. The van der Waals surface area contributed by atoms with Gasteiger partial charge in [-0.15, -0.1) is 13.2 Å². The number of nitrogens with one attached hydrogen (secondary N) is 1. The molecule has 0 radical (unpaired) electrons. The number of para-hydroxylation sites is 2. The van der Waals surface area contributed by atoms with Gasteiger partial charge < -0.3 is 15.8 Å². The van der Waals surface area contributed by atoms with Gasteiger partial charge in [0, 0.05) is 5.56 Å². The zero-order valence-corrected chi connectivity index (χ0v) is 13.7. The first kappa shape index (κ1) is 18.2. The molecule has 1 heterocycles. The third kappa shape index (κ3) is 4.51. The number of aromatic nitrogens is 2. The zero-order valence-electron chi connectivity index (χ0n) is 13.7. The normalized spacial score (nSPS) is 11.1. The SMILES string of the molecule is Nc1ncc(-c2ccccc2)nc1C(=O)Nc1ccccc1OC(F)(F)F. The van der Waals surface area contributed by atoms with Crippen molar-refractivity contribution in [2.75, 3.05) is 11.1 Å². The molecular formula is C18H13F3N4O2. The summed E-state index contributed by atoms with van der Waals surface area (Å²) in [4.78, 5) is 20.6. The maximum Gasteiger partial charge on any atom is 0.573 e. The van der Waals surface area contributed by atoms with Gasteiger partial charge in [-0.2, -0.15) is 0 Å². The summed E-state index contributed by atoms with van der Waals surface area (Å²) in [6, 6.07) is 14.1. The van der Waals surface area contributed by atoms with Crippen LogP contribution in [0.2, 0.25) is 0 Å². The number of halogens is 3. The van der Waals surface area contributed by atoms with Crippen molar-refractivity contribution in [1.82, 2.24) is 9.97 Å². The number of nitrogens with two attached hydrogens (primary N) is 1. The molecule has 2 aromatic carbocycles. The van der Waals surface area contributed by atoms with E-state index >= 15 is 0 Å². The summed E-state index contributed by atoms with van der Waals surface area (Å²) in [6.45, 7) is 0. The van der Waals surface area contributed by atoms with Crippen LogP contribution in [-0.4, -0.2) is 22.2 Å². The predicted molar refractivity (Wildman–Crippen MR) is 93.0 cm³/mol. The van der Waals surface area contributed by atoms with Crippen LogP contribution in [0.15, 0.2) is 60.8 Å². The van der Waals surface area contributed by atoms with Crippen molar-refractivity contribution in [1.29, 1.82) is 0 Å². The fourth-order valence-corrected chi connectivity index (χ4v) is 2.28. The second kappa shape index (κ2) is 7.32. The van der Waals surface area contributed by atoms with Crippen molar-refractivity contribution in [2.45, 2.75) is 6.36 Å². The standard InChI is InChI=1S/C18H13F3N4O2/c19-18(20,21)27-14-9-5-4-8-12(14)25-17(26)15-16(22)23-10-13(24-15)11-6-2-1-3-7-11/h1-10H,(H2,22,23)(H,25,26). The molecule has 138 valence electrons. The summed E-state index contributed by atoms with van der Waals surface area (Å²) in [5, 5.41) is 2.32. The van der Waals surface area contributed by atoms with E-state index in [1.54, 1.807) is 24.3 Å². The van der Waals surface area contributed by atoms with Crippen LogP contribution in [-0.2, 0) is 0 Å². The van der Waals surface area contributed by atoms with Gasteiger partial charge in [0.1, 0.15) is 0 Å². The molecule has 6 nitrogen and oxygen atoms in total. The molecule has 0 fully saturated rings. The minimum Gasteiger partial charge on any atom is -0.404 e. The smallest absolute Gasteiger partial charge is 0.404 e. The number of ether oxygens (including phenoxy) is 1. The third-order valence-electron chi connectivity index (χ3n) is 3.45. The van der Waals surface area contributed by atoms with Gasteiger partial charge in [0.25, 0.3) is 5.91 Å². The molecular weight excluding hydrogens is 361 g/mol. The maximum absolute atomic E-state index is 12.5. The Morgan fingerprint density at radius 3 is 2.41 bits per heavy atom. The Labute approximate surface area is 151 Å². The number of carbonyl (C=O) groups excluding carboxylic acids is 1. The molecule has 0 unspecified atom stereocenters. The van der Waals surface area contributed by atoms with E-state index in [1.807, 2.05) is 6.07 Å². The summed E-state index contributed by atoms with van der Waals surface area (Å²) >= 11 is 0. The molecule has 0 atom stereocenters. The van der Waals surface area contributed by atoms with E-state index < -0.39 is 18.0 Å². The number of carbonyl (C=O) groups is 1. The Bertz CT molecular complexity index is 962. The van der Waals surface area contributed by atoms with Crippen molar-refractivity contribution < 1.29 is 22.7 Å². The summed E-state index contributed by atoms with van der Waals surface area (Å²) in [5.41, 5.74) is 6.44. The monoisotopic (exact) mass is 374 g/mol. The topological polar surface area (TPSA) is 90.1 Å². The minimum absolute atomic E-state index is 0.151. The largest absolute Gasteiger partial charge is 0.573 e. The molecule has 0 saturated carbocycles. The number of nitrogen functional groups attached to an aromatic ring is 1.